The van der Waals surface area contributed by atoms with Gasteiger partial charge in [0.05, 0.1) is 0 Å². The Labute approximate surface area is 128 Å². The van der Waals surface area contributed by atoms with E-state index in [4.69, 9.17) is 4.84 Å². The summed E-state index contributed by atoms with van der Waals surface area (Å²) in [7, 11) is 0. The van der Waals surface area contributed by atoms with Crippen LogP contribution >= 0.6 is 0 Å². The van der Waals surface area contributed by atoms with Gasteiger partial charge >= 0.3 is 0 Å². The number of hydrogen-bond acceptors (Lipinski definition) is 3. The second-order valence-electron chi connectivity index (χ2n) is 5.08. The van der Waals surface area contributed by atoms with Crippen molar-refractivity contribution in [2.45, 2.75) is 12.0 Å². The van der Waals surface area contributed by atoms with Crippen LogP contribution in [-0.2, 0) is 9.63 Å². The van der Waals surface area contributed by atoms with Crippen LogP contribution in [0.4, 0.5) is 0 Å². The van der Waals surface area contributed by atoms with E-state index in [2.05, 4.69) is 6.58 Å². The zero-order valence-electron chi connectivity index (χ0n) is 11.9. The fraction of sp³-hybridized carbons (Fsp3) is 0.111. The molecular formula is C18H15NO3. The smallest absolute Gasteiger partial charge is 0.261 e. The molecule has 0 fully saturated rings. The Bertz CT molecular complexity index is 723. The number of carbonyl (C=O) groups is 1. The topological polar surface area (TPSA) is 52.4 Å². The van der Waals surface area contributed by atoms with Gasteiger partial charge in [-0.05, 0) is 11.1 Å². The lowest BCUT2D eigenvalue weighted by Gasteiger charge is -2.14. The molecule has 0 saturated carbocycles. The summed E-state index contributed by atoms with van der Waals surface area (Å²) in [6.07, 6.45) is -0.177. The molecule has 0 saturated heterocycles. The molecule has 110 valence electrons. The zero-order chi connectivity index (χ0) is 15.5. The molecule has 2 atom stereocenters. The SMILES string of the molecule is C=C(C1=[N+]([O-])O[C@@H](C=O)[C@@H]1c1ccccc1)c1ccccc1. The van der Waals surface area contributed by atoms with E-state index in [0.717, 1.165) is 11.1 Å². The van der Waals surface area contributed by atoms with Gasteiger partial charge in [-0.15, -0.1) is 0 Å². The van der Waals surface area contributed by atoms with Crippen LogP contribution in [0.2, 0.25) is 0 Å². The van der Waals surface area contributed by atoms with Crippen LogP contribution in [0.15, 0.2) is 67.2 Å². The van der Waals surface area contributed by atoms with Crippen LogP contribution in [-0.4, -0.2) is 23.0 Å². The molecule has 1 heterocycles. The van der Waals surface area contributed by atoms with Gasteiger partial charge in [0, 0.05) is 10.5 Å². The summed E-state index contributed by atoms with van der Waals surface area (Å²) < 4.78 is 0. The van der Waals surface area contributed by atoms with Crippen molar-refractivity contribution in [3.8, 4) is 0 Å². The molecular weight excluding hydrogens is 278 g/mol. The molecule has 0 aromatic heterocycles. The molecule has 22 heavy (non-hydrogen) atoms. The average Bonchev–Trinajstić information content (AvgIpc) is 2.92. The maximum atomic E-state index is 12.2. The highest BCUT2D eigenvalue weighted by atomic mass is 16.9. The molecule has 0 amide bonds. The first-order chi connectivity index (χ1) is 10.7. The molecule has 1 aliphatic rings. The number of rotatable bonds is 4. The highest BCUT2D eigenvalue weighted by Gasteiger charge is 2.42. The van der Waals surface area contributed by atoms with Crippen molar-refractivity contribution in [1.29, 1.82) is 0 Å². The number of aldehydes is 1. The maximum absolute atomic E-state index is 12.2. The molecule has 0 aliphatic carbocycles. The average molecular weight is 293 g/mol. The Hall–Kier alpha value is -2.88. The minimum atomic E-state index is -0.838. The highest BCUT2D eigenvalue weighted by molar-refractivity contribution is 6.24. The van der Waals surface area contributed by atoms with Gasteiger partial charge in [0.15, 0.2) is 0 Å². The molecule has 1 aliphatic heterocycles. The van der Waals surface area contributed by atoms with Gasteiger partial charge in [0.2, 0.25) is 0 Å². The lowest BCUT2D eigenvalue weighted by molar-refractivity contribution is -0.735. The second kappa shape index (κ2) is 5.85. The zero-order valence-corrected chi connectivity index (χ0v) is 11.9. The van der Waals surface area contributed by atoms with Gasteiger partial charge in [-0.1, -0.05) is 67.2 Å². The Morgan fingerprint density at radius 2 is 1.68 bits per heavy atom. The van der Waals surface area contributed by atoms with Crippen molar-refractivity contribution >= 4 is 17.6 Å². The molecule has 2 aromatic carbocycles. The summed E-state index contributed by atoms with van der Waals surface area (Å²) in [5.74, 6) is -0.455. The predicted octanol–water partition coefficient (Wildman–Crippen LogP) is 2.95. The van der Waals surface area contributed by atoms with Crippen molar-refractivity contribution in [3.63, 3.8) is 0 Å². The van der Waals surface area contributed by atoms with Crippen molar-refractivity contribution in [1.82, 2.24) is 0 Å². The van der Waals surface area contributed by atoms with Crippen molar-refractivity contribution in [3.05, 3.63) is 83.6 Å². The summed E-state index contributed by atoms with van der Waals surface area (Å²) in [5, 5.41) is 12.2. The molecule has 2 aromatic rings. The van der Waals surface area contributed by atoms with E-state index in [1.807, 2.05) is 60.7 Å². The van der Waals surface area contributed by atoms with Crippen LogP contribution in [0.1, 0.15) is 17.0 Å². The standard InChI is InChI=1S/C18H15NO3/c1-13(14-8-4-2-5-9-14)18-17(15-10-6-3-7-11-15)16(12-20)22-19(18)21/h2-12,16-17H,1H2/t16-,17-/m0/s1. The third-order valence-corrected chi connectivity index (χ3v) is 3.76. The lowest BCUT2D eigenvalue weighted by Crippen LogP contribution is -2.23. The fourth-order valence-corrected chi connectivity index (χ4v) is 2.69. The Morgan fingerprint density at radius 3 is 2.27 bits per heavy atom. The van der Waals surface area contributed by atoms with E-state index in [1.54, 1.807) is 0 Å². The quantitative estimate of drug-likeness (QED) is 0.643. The summed E-state index contributed by atoms with van der Waals surface area (Å²) in [5.41, 5.74) is 2.61. The van der Waals surface area contributed by atoms with Crippen LogP contribution in [0.3, 0.4) is 0 Å². The maximum Gasteiger partial charge on any atom is 0.261 e. The summed E-state index contributed by atoms with van der Waals surface area (Å²) in [6, 6.07) is 18.8. The van der Waals surface area contributed by atoms with E-state index in [0.29, 0.717) is 22.5 Å². The minimum Gasteiger partial charge on any atom is -0.391 e. The van der Waals surface area contributed by atoms with Crippen molar-refractivity contribution in [2.75, 3.05) is 0 Å². The number of carbonyl (C=O) groups excluding carboxylic acids is 1. The van der Waals surface area contributed by atoms with Gasteiger partial charge < -0.3 is 9.63 Å². The lowest BCUT2D eigenvalue weighted by atomic mass is 9.85. The largest absolute Gasteiger partial charge is 0.391 e. The number of allylic oxidation sites excluding steroid dienone is 1. The highest BCUT2D eigenvalue weighted by Crippen LogP contribution is 2.33. The molecule has 4 heteroatoms. The van der Waals surface area contributed by atoms with Gasteiger partial charge in [0.1, 0.15) is 18.3 Å². The second-order valence-corrected chi connectivity index (χ2v) is 5.08. The van der Waals surface area contributed by atoms with E-state index in [-0.39, 0.29) is 0 Å². The van der Waals surface area contributed by atoms with Crippen LogP contribution in [0.25, 0.3) is 5.57 Å². The first-order valence-corrected chi connectivity index (χ1v) is 6.98. The Morgan fingerprint density at radius 1 is 1.09 bits per heavy atom. The van der Waals surface area contributed by atoms with Crippen molar-refractivity contribution in [2.24, 2.45) is 0 Å². The first kappa shape index (κ1) is 14.1. The predicted molar refractivity (Wildman–Crippen MR) is 84.2 cm³/mol. The molecule has 0 bridgehead atoms. The molecule has 3 rings (SSSR count). The third-order valence-electron chi connectivity index (χ3n) is 3.76. The number of benzene rings is 2. The van der Waals surface area contributed by atoms with E-state index in [1.165, 1.54) is 0 Å². The molecule has 0 unspecified atom stereocenters. The summed E-state index contributed by atoms with van der Waals surface area (Å²) in [4.78, 5) is 16.9. The van der Waals surface area contributed by atoms with Crippen LogP contribution < -0.4 is 0 Å². The monoisotopic (exact) mass is 293 g/mol. The van der Waals surface area contributed by atoms with Gasteiger partial charge in [-0.25, -0.2) is 0 Å². The summed E-state index contributed by atoms with van der Waals surface area (Å²) >= 11 is 0. The fourth-order valence-electron chi connectivity index (χ4n) is 2.69. The normalized spacial score (nSPS) is 20.5. The van der Waals surface area contributed by atoms with Crippen molar-refractivity contribution < 1.29 is 14.5 Å². The molecule has 0 spiro atoms. The molecule has 0 N–H and O–H groups in total. The third kappa shape index (κ3) is 2.39. The minimum absolute atomic E-state index is 0.370. The molecule has 0 radical (unpaired) electrons. The van der Waals surface area contributed by atoms with Crippen LogP contribution in [0, 0.1) is 5.21 Å². The molecule has 4 nitrogen and oxygen atoms in total. The Balaban J connectivity index is 2.05. The van der Waals surface area contributed by atoms with E-state index in [9.17, 15) is 10.0 Å². The van der Waals surface area contributed by atoms with Gasteiger partial charge in [0.25, 0.3) is 5.71 Å². The van der Waals surface area contributed by atoms with Gasteiger partial charge in [-0.2, -0.15) is 0 Å². The number of nitrogens with zero attached hydrogens (tertiary/aromatic N) is 1. The number of hydrogen-bond donors (Lipinski definition) is 0. The Kier molecular flexibility index (Phi) is 3.74. The first-order valence-electron chi connectivity index (χ1n) is 6.98. The van der Waals surface area contributed by atoms with Gasteiger partial charge in [-0.3, -0.25) is 5.21 Å². The van der Waals surface area contributed by atoms with E-state index >= 15 is 0 Å². The van der Waals surface area contributed by atoms with E-state index < -0.39 is 12.0 Å². The summed E-state index contributed by atoms with van der Waals surface area (Å²) in [6.45, 7) is 4.03. The van der Waals surface area contributed by atoms with Crippen LogP contribution in [0.5, 0.6) is 0 Å².